The Kier molecular flexibility index (Phi) is 7.96. The van der Waals surface area contributed by atoms with Crippen LogP contribution >= 0.6 is 50.7 Å². The monoisotopic (exact) mass is 572 g/mol. The normalized spacial score (nSPS) is 11.7. The summed E-state index contributed by atoms with van der Waals surface area (Å²) in [6, 6.07) is 6.87. The molecule has 4 N–H and O–H groups in total. The number of hydrogen-bond acceptors (Lipinski definition) is 5. The third-order valence-corrected chi connectivity index (χ3v) is 5.47. The zero-order valence-corrected chi connectivity index (χ0v) is 20.8. The predicted molar refractivity (Wildman–Crippen MR) is 129 cm³/mol. The summed E-state index contributed by atoms with van der Waals surface area (Å²) in [5, 5.41) is 9.95. The minimum Gasteiger partial charge on any atom is -0.370 e. The van der Waals surface area contributed by atoms with Crippen molar-refractivity contribution in [3.05, 3.63) is 67.5 Å². The number of carbonyl (C=O) groups excluding carboxylic acids is 3. The van der Waals surface area contributed by atoms with Gasteiger partial charge in [0.1, 0.15) is 10.3 Å². The van der Waals surface area contributed by atoms with Crippen LogP contribution < -0.4 is 16.4 Å². The number of rotatable bonds is 7. The SMILES string of the molecule is CC(CC(N)=O)NC(=O)c1cc(Cl)cc(Cl)c1NC(=O)c1cc(Br)nn1-c1ncccc1Cl. The van der Waals surface area contributed by atoms with Gasteiger partial charge in [0.2, 0.25) is 5.91 Å². The average molecular weight is 575 g/mol. The molecule has 3 amide bonds. The highest BCUT2D eigenvalue weighted by Gasteiger charge is 2.23. The minimum atomic E-state index is -0.640. The Bertz CT molecular complexity index is 1250. The summed E-state index contributed by atoms with van der Waals surface area (Å²) in [7, 11) is 0. The molecule has 33 heavy (non-hydrogen) atoms. The summed E-state index contributed by atoms with van der Waals surface area (Å²) >= 11 is 21.8. The lowest BCUT2D eigenvalue weighted by molar-refractivity contribution is -0.118. The van der Waals surface area contributed by atoms with Crippen molar-refractivity contribution in [1.29, 1.82) is 0 Å². The van der Waals surface area contributed by atoms with E-state index in [-0.39, 0.29) is 44.3 Å². The number of nitrogens with zero attached hydrogens (tertiary/aromatic N) is 3. The lowest BCUT2D eigenvalue weighted by atomic mass is 10.1. The number of pyridine rings is 1. The molecule has 0 radical (unpaired) electrons. The van der Waals surface area contributed by atoms with E-state index in [0.717, 1.165) is 0 Å². The summed E-state index contributed by atoms with van der Waals surface area (Å²) in [5.41, 5.74) is 5.26. The zero-order chi connectivity index (χ0) is 24.3. The second-order valence-electron chi connectivity index (χ2n) is 6.88. The molecule has 0 aliphatic carbocycles. The Morgan fingerprint density at radius 3 is 2.55 bits per heavy atom. The van der Waals surface area contributed by atoms with Gasteiger partial charge in [-0.1, -0.05) is 34.8 Å². The molecular weight excluding hydrogens is 559 g/mol. The molecule has 2 aromatic heterocycles. The van der Waals surface area contributed by atoms with Gasteiger partial charge >= 0.3 is 0 Å². The fraction of sp³-hybridized carbons (Fsp3) is 0.150. The number of benzene rings is 1. The van der Waals surface area contributed by atoms with E-state index in [0.29, 0.717) is 4.60 Å². The van der Waals surface area contributed by atoms with Crippen LogP contribution in [-0.4, -0.2) is 38.5 Å². The van der Waals surface area contributed by atoms with Crippen LogP contribution in [0, 0.1) is 0 Å². The van der Waals surface area contributed by atoms with Crippen LogP contribution in [0.2, 0.25) is 15.1 Å². The predicted octanol–water partition coefficient (Wildman–Crippen LogP) is 4.24. The number of nitrogens with one attached hydrogen (secondary N) is 2. The number of aromatic nitrogens is 3. The third kappa shape index (κ3) is 6.02. The maximum atomic E-state index is 13.2. The molecule has 0 spiro atoms. The summed E-state index contributed by atoms with van der Waals surface area (Å²) in [6.45, 7) is 1.61. The van der Waals surface area contributed by atoms with Gasteiger partial charge in [-0.3, -0.25) is 14.4 Å². The summed E-state index contributed by atoms with van der Waals surface area (Å²) in [6.07, 6.45) is 1.43. The van der Waals surface area contributed by atoms with Crippen molar-refractivity contribution in [2.24, 2.45) is 5.73 Å². The second-order valence-corrected chi connectivity index (χ2v) is 8.95. The first-order chi connectivity index (χ1) is 15.6. The van der Waals surface area contributed by atoms with Gasteiger partial charge in [0.15, 0.2) is 5.82 Å². The maximum absolute atomic E-state index is 13.2. The van der Waals surface area contributed by atoms with E-state index in [9.17, 15) is 14.4 Å². The van der Waals surface area contributed by atoms with Gasteiger partial charge in [0, 0.05) is 29.7 Å². The molecule has 3 rings (SSSR count). The molecule has 0 fully saturated rings. The van der Waals surface area contributed by atoms with E-state index in [1.165, 1.54) is 29.1 Å². The first kappa shape index (κ1) is 25.0. The summed E-state index contributed by atoms with van der Waals surface area (Å²) in [5.74, 6) is -1.59. The molecule has 3 aromatic rings. The number of hydrogen-bond donors (Lipinski definition) is 3. The van der Waals surface area contributed by atoms with Crippen molar-refractivity contribution in [3.8, 4) is 5.82 Å². The van der Waals surface area contributed by atoms with Crippen LogP contribution in [-0.2, 0) is 4.79 Å². The fourth-order valence-electron chi connectivity index (χ4n) is 2.92. The molecule has 2 heterocycles. The van der Waals surface area contributed by atoms with Gasteiger partial charge in [-0.25, -0.2) is 9.67 Å². The highest BCUT2D eigenvalue weighted by Crippen LogP contribution is 2.31. The number of halogens is 4. The van der Waals surface area contributed by atoms with Crippen LogP contribution in [0.4, 0.5) is 5.69 Å². The highest BCUT2D eigenvalue weighted by atomic mass is 79.9. The molecule has 9 nitrogen and oxygen atoms in total. The smallest absolute Gasteiger partial charge is 0.274 e. The van der Waals surface area contributed by atoms with Crippen molar-refractivity contribution >= 4 is 74.1 Å². The van der Waals surface area contributed by atoms with Crippen LogP contribution in [0.3, 0.4) is 0 Å². The Balaban J connectivity index is 1.96. The van der Waals surface area contributed by atoms with Crippen LogP contribution in [0.1, 0.15) is 34.2 Å². The van der Waals surface area contributed by atoms with Gasteiger partial charge < -0.3 is 16.4 Å². The van der Waals surface area contributed by atoms with Gasteiger partial charge in [-0.2, -0.15) is 5.10 Å². The maximum Gasteiger partial charge on any atom is 0.274 e. The van der Waals surface area contributed by atoms with Crippen LogP contribution in [0.25, 0.3) is 5.82 Å². The van der Waals surface area contributed by atoms with Gasteiger partial charge in [0.05, 0.1) is 21.3 Å². The average Bonchev–Trinajstić information content (AvgIpc) is 3.10. The topological polar surface area (TPSA) is 132 Å². The van der Waals surface area contributed by atoms with Crippen LogP contribution in [0.5, 0.6) is 0 Å². The van der Waals surface area contributed by atoms with Crippen molar-refractivity contribution in [1.82, 2.24) is 20.1 Å². The molecule has 1 aromatic carbocycles. The van der Waals surface area contributed by atoms with Crippen LogP contribution in [0.15, 0.2) is 41.1 Å². The largest absolute Gasteiger partial charge is 0.370 e. The molecule has 0 bridgehead atoms. The Hall–Kier alpha value is -2.66. The molecule has 0 aliphatic heterocycles. The third-order valence-electron chi connectivity index (χ3n) is 4.27. The van der Waals surface area contributed by atoms with E-state index in [1.54, 1.807) is 19.1 Å². The van der Waals surface area contributed by atoms with Gasteiger partial charge in [0.25, 0.3) is 11.8 Å². The molecule has 0 aliphatic rings. The molecule has 0 saturated heterocycles. The molecule has 0 saturated carbocycles. The van der Waals surface area contributed by atoms with Gasteiger partial charge in [-0.05, 0) is 47.1 Å². The zero-order valence-electron chi connectivity index (χ0n) is 16.9. The number of primary amides is 1. The van der Waals surface area contributed by atoms with Crippen molar-refractivity contribution < 1.29 is 14.4 Å². The van der Waals surface area contributed by atoms with Crippen molar-refractivity contribution in [3.63, 3.8) is 0 Å². The second kappa shape index (κ2) is 10.5. The number of anilines is 1. The number of carbonyl (C=O) groups is 3. The lowest BCUT2D eigenvalue weighted by Crippen LogP contribution is -2.36. The van der Waals surface area contributed by atoms with Gasteiger partial charge in [-0.15, -0.1) is 0 Å². The van der Waals surface area contributed by atoms with E-state index in [1.807, 2.05) is 0 Å². The minimum absolute atomic E-state index is 0.00169. The molecule has 1 unspecified atom stereocenters. The van der Waals surface area contributed by atoms with E-state index in [4.69, 9.17) is 40.5 Å². The van der Waals surface area contributed by atoms with E-state index >= 15 is 0 Å². The fourth-order valence-corrected chi connectivity index (χ4v) is 4.04. The summed E-state index contributed by atoms with van der Waals surface area (Å²) < 4.78 is 1.61. The molecular formula is C20H16BrCl3N6O3. The molecule has 1 atom stereocenters. The quantitative estimate of drug-likeness (QED) is 0.389. The van der Waals surface area contributed by atoms with E-state index < -0.39 is 23.8 Å². The molecule has 13 heteroatoms. The number of nitrogens with two attached hydrogens (primary N) is 1. The Labute approximate surface area is 211 Å². The Morgan fingerprint density at radius 1 is 1.15 bits per heavy atom. The van der Waals surface area contributed by atoms with Crippen molar-refractivity contribution in [2.75, 3.05) is 5.32 Å². The summed E-state index contributed by atoms with van der Waals surface area (Å²) in [4.78, 5) is 41.3. The first-order valence-corrected chi connectivity index (χ1v) is 11.3. The molecule has 172 valence electrons. The van der Waals surface area contributed by atoms with Crippen molar-refractivity contribution in [2.45, 2.75) is 19.4 Å². The Morgan fingerprint density at radius 2 is 1.88 bits per heavy atom. The lowest BCUT2D eigenvalue weighted by Gasteiger charge is -2.17. The first-order valence-electron chi connectivity index (χ1n) is 9.32. The number of amides is 3. The standard InChI is InChI=1S/C20H16BrCl3N6O3/c1-9(5-16(25)31)27-19(32)11-6-10(22)7-13(24)17(11)28-20(33)14-8-15(21)29-30(14)18-12(23)3-2-4-26-18/h2-4,6-9H,5H2,1H3,(H2,25,31)(H,27,32)(H,28,33). The highest BCUT2D eigenvalue weighted by molar-refractivity contribution is 9.10. The van der Waals surface area contributed by atoms with E-state index in [2.05, 4.69) is 36.6 Å².